The SMILES string of the molecule is COC(=O)c1cc(NC(=O)c2ccncc2Cl)ccc1F. The van der Waals surface area contributed by atoms with Crippen molar-refractivity contribution < 1.29 is 18.7 Å². The molecule has 0 radical (unpaired) electrons. The molecule has 1 heterocycles. The van der Waals surface area contributed by atoms with Crippen molar-refractivity contribution in [3.05, 3.63) is 58.6 Å². The largest absolute Gasteiger partial charge is 0.465 e. The van der Waals surface area contributed by atoms with Crippen molar-refractivity contribution in [1.82, 2.24) is 4.98 Å². The number of nitrogens with one attached hydrogen (secondary N) is 1. The highest BCUT2D eigenvalue weighted by Crippen LogP contribution is 2.19. The molecule has 2 aromatic rings. The van der Waals surface area contributed by atoms with E-state index >= 15 is 0 Å². The molecule has 0 aliphatic carbocycles. The number of halogens is 2. The second kappa shape index (κ2) is 6.32. The number of ether oxygens (including phenoxy) is 1. The Morgan fingerprint density at radius 1 is 1.29 bits per heavy atom. The zero-order valence-electron chi connectivity index (χ0n) is 10.9. The van der Waals surface area contributed by atoms with Crippen LogP contribution in [0.2, 0.25) is 5.02 Å². The van der Waals surface area contributed by atoms with Crippen molar-refractivity contribution in [2.45, 2.75) is 0 Å². The smallest absolute Gasteiger partial charge is 0.340 e. The molecule has 0 saturated carbocycles. The first kappa shape index (κ1) is 14.9. The number of hydrogen-bond acceptors (Lipinski definition) is 4. The fourth-order valence-corrected chi connectivity index (χ4v) is 1.83. The lowest BCUT2D eigenvalue weighted by molar-refractivity contribution is 0.0595. The summed E-state index contributed by atoms with van der Waals surface area (Å²) in [5.74, 6) is -2.06. The van der Waals surface area contributed by atoms with Gasteiger partial charge in [-0.25, -0.2) is 9.18 Å². The van der Waals surface area contributed by atoms with Crippen LogP contribution < -0.4 is 5.32 Å². The summed E-state index contributed by atoms with van der Waals surface area (Å²) in [5, 5.41) is 2.71. The zero-order valence-corrected chi connectivity index (χ0v) is 11.6. The summed E-state index contributed by atoms with van der Waals surface area (Å²) in [4.78, 5) is 27.2. The number of hydrogen-bond donors (Lipinski definition) is 1. The van der Waals surface area contributed by atoms with Gasteiger partial charge in [0.05, 0.1) is 23.3 Å². The van der Waals surface area contributed by atoms with Crippen LogP contribution in [0.3, 0.4) is 0 Å². The number of amides is 1. The van der Waals surface area contributed by atoms with E-state index < -0.39 is 17.7 Å². The number of esters is 1. The topological polar surface area (TPSA) is 68.3 Å². The molecule has 0 atom stereocenters. The summed E-state index contributed by atoms with van der Waals surface area (Å²) < 4.78 is 17.9. The molecule has 0 aliphatic rings. The first-order valence-electron chi connectivity index (χ1n) is 5.81. The molecule has 0 fully saturated rings. The molecular formula is C14H10ClFN2O3. The van der Waals surface area contributed by atoms with Gasteiger partial charge in [0.25, 0.3) is 5.91 Å². The first-order chi connectivity index (χ1) is 10.0. The van der Waals surface area contributed by atoms with E-state index in [0.29, 0.717) is 0 Å². The van der Waals surface area contributed by atoms with Gasteiger partial charge in [0.1, 0.15) is 5.82 Å². The van der Waals surface area contributed by atoms with Crippen LogP contribution in [0.25, 0.3) is 0 Å². The molecule has 0 bridgehead atoms. The van der Waals surface area contributed by atoms with Crippen LogP contribution in [0.1, 0.15) is 20.7 Å². The maximum absolute atomic E-state index is 13.5. The van der Waals surface area contributed by atoms with E-state index in [9.17, 15) is 14.0 Å². The second-order valence-corrected chi connectivity index (χ2v) is 4.40. The van der Waals surface area contributed by atoms with Crippen molar-refractivity contribution in [3.63, 3.8) is 0 Å². The van der Waals surface area contributed by atoms with E-state index in [1.54, 1.807) is 0 Å². The van der Waals surface area contributed by atoms with Crippen molar-refractivity contribution in [2.24, 2.45) is 0 Å². The van der Waals surface area contributed by atoms with Gasteiger partial charge in [0.15, 0.2) is 0 Å². The minimum Gasteiger partial charge on any atom is -0.465 e. The molecule has 1 N–H and O–H groups in total. The number of anilines is 1. The average molecular weight is 309 g/mol. The van der Waals surface area contributed by atoms with Crippen molar-refractivity contribution in [1.29, 1.82) is 0 Å². The standard InChI is InChI=1S/C14H10ClFN2O3/c1-21-14(20)10-6-8(2-3-12(10)16)18-13(19)9-4-5-17-7-11(9)15/h2-7H,1H3,(H,18,19). The van der Waals surface area contributed by atoms with Crippen LogP contribution in [0.4, 0.5) is 10.1 Å². The monoisotopic (exact) mass is 308 g/mol. The summed E-state index contributed by atoms with van der Waals surface area (Å²) >= 11 is 5.86. The van der Waals surface area contributed by atoms with Gasteiger partial charge >= 0.3 is 5.97 Å². The molecule has 7 heteroatoms. The van der Waals surface area contributed by atoms with Crippen LogP contribution in [-0.2, 0) is 4.74 Å². The van der Waals surface area contributed by atoms with Crippen LogP contribution >= 0.6 is 11.6 Å². The Bertz CT molecular complexity index is 706. The summed E-state index contributed by atoms with van der Waals surface area (Å²) in [5.41, 5.74) is 0.196. The Labute approximate surface area is 124 Å². The fourth-order valence-electron chi connectivity index (χ4n) is 1.63. The fraction of sp³-hybridized carbons (Fsp3) is 0.0714. The van der Waals surface area contributed by atoms with E-state index in [1.807, 2.05) is 0 Å². The number of pyridine rings is 1. The number of carbonyl (C=O) groups is 2. The van der Waals surface area contributed by atoms with Crippen LogP contribution in [0.15, 0.2) is 36.7 Å². The molecule has 1 aromatic heterocycles. The Morgan fingerprint density at radius 2 is 2.05 bits per heavy atom. The van der Waals surface area contributed by atoms with Crippen molar-refractivity contribution in [3.8, 4) is 0 Å². The van der Waals surface area contributed by atoms with E-state index in [4.69, 9.17) is 11.6 Å². The average Bonchev–Trinajstić information content (AvgIpc) is 2.48. The quantitative estimate of drug-likeness (QED) is 0.885. The minimum atomic E-state index is -0.828. The summed E-state index contributed by atoms with van der Waals surface area (Å²) in [6, 6.07) is 5.03. The van der Waals surface area contributed by atoms with Crippen LogP contribution in [0, 0.1) is 5.82 Å². The van der Waals surface area contributed by atoms with E-state index in [2.05, 4.69) is 15.0 Å². The highest BCUT2D eigenvalue weighted by Gasteiger charge is 2.15. The van der Waals surface area contributed by atoms with Gasteiger partial charge in [-0.1, -0.05) is 11.6 Å². The van der Waals surface area contributed by atoms with Gasteiger partial charge in [-0.15, -0.1) is 0 Å². The second-order valence-electron chi connectivity index (χ2n) is 4.00. The molecule has 5 nitrogen and oxygen atoms in total. The van der Waals surface area contributed by atoms with E-state index in [-0.39, 0.29) is 21.8 Å². The number of aromatic nitrogens is 1. The third-order valence-corrected chi connectivity index (χ3v) is 2.95. The maximum Gasteiger partial charge on any atom is 0.340 e. The third-order valence-electron chi connectivity index (χ3n) is 2.65. The van der Waals surface area contributed by atoms with Crippen LogP contribution in [0.5, 0.6) is 0 Å². The highest BCUT2D eigenvalue weighted by atomic mass is 35.5. The molecular weight excluding hydrogens is 299 g/mol. The number of benzene rings is 1. The van der Waals surface area contributed by atoms with Gasteiger partial charge < -0.3 is 10.1 Å². The Kier molecular flexibility index (Phi) is 4.49. The van der Waals surface area contributed by atoms with Gasteiger partial charge in [-0.2, -0.15) is 0 Å². The molecule has 108 valence electrons. The highest BCUT2D eigenvalue weighted by molar-refractivity contribution is 6.34. The normalized spacial score (nSPS) is 10.0. The molecule has 1 amide bonds. The molecule has 21 heavy (non-hydrogen) atoms. The summed E-state index contributed by atoms with van der Waals surface area (Å²) in [6.07, 6.45) is 2.76. The minimum absolute atomic E-state index is 0.185. The zero-order chi connectivity index (χ0) is 15.4. The van der Waals surface area contributed by atoms with Crippen molar-refractivity contribution in [2.75, 3.05) is 12.4 Å². The predicted octanol–water partition coefficient (Wildman–Crippen LogP) is 2.91. The molecule has 0 saturated heterocycles. The van der Waals surface area contributed by atoms with Gasteiger partial charge in [-0.3, -0.25) is 9.78 Å². The summed E-state index contributed by atoms with van der Waals surface area (Å²) in [6.45, 7) is 0. The number of carbonyl (C=O) groups excluding carboxylic acids is 2. The van der Waals surface area contributed by atoms with E-state index in [0.717, 1.165) is 13.2 Å². The Hall–Kier alpha value is -2.47. The van der Waals surface area contributed by atoms with Gasteiger partial charge in [-0.05, 0) is 24.3 Å². The predicted molar refractivity (Wildman–Crippen MR) is 74.9 cm³/mol. The Morgan fingerprint density at radius 3 is 2.71 bits per heavy atom. The lowest BCUT2D eigenvalue weighted by Crippen LogP contribution is -2.14. The lowest BCUT2D eigenvalue weighted by Gasteiger charge is -2.08. The van der Waals surface area contributed by atoms with Crippen molar-refractivity contribution >= 4 is 29.2 Å². The number of nitrogens with zero attached hydrogens (tertiary/aromatic N) is 1. The molecule has 0 aliphatic heterocycles. The molecule has 0 spiro atoms. The maximum atomic E-state index is 13.5. The first-order valence-corrected chi connectivity index (χ1v) is 6.19. The number of methoxy groups -OCH3 is 1. The molecule has 2 rings (SSSR count). The molecule has 0 unspecified atom stereocenters. The Balaban J connectivity index is 2.26. The lowest BCUT2D eigenvalue weighted by atomic mass is 10.1. The number of rotatable bonds is 3. The molecule has 1 aromatic carbocycles. The van der Waals surface area contributed by atoms with E-state index in [1.165, 1.54) is 30.6 Å². The van der Waals surface area contributed by atoms with Crippen LogP contribution in [-0.4, -0.2) is 24.0 Å². The van der Waals surface area contributed by atoms with Gasteiger partial charge in [0, 0.05) is 18.1 Å². The van der Waals surface area contributed by atoms with Gasteiger partial charge in [0.2, 0.25) is 0 Å². The third kappa shape index (κ3) is 3.35. The summed E-state index contributed by atoms with van der Waals surface area (Å²) in [7, 11) is 1.14.